The van der Waals surface area contributed by atoms with Crippen LogP contribution in [0.2, 0.25) is 0 Å². The van der Waals surface area contributed by atoms with E-state index in [1.165, 1.54) is 36.0 Å². The summed E-state index contributed by atoms with van der Waals surface area (Å²) >= 11 is 1.22. The predicted molar refractivity (Wildman–Crippen MR) is 115 cm³/mol. The molecule has 1 aliphatic rings. The third-order valence-electron chi connectivity index (χ3n) is 4.83. The molecule has 2 amide bonds. The number of amides is 2. The molecule has 2 heterocycles. The van der Waals surface area contributed by atoms with E-state index in [0.29, 0.717) is 28.1 Å². The van der Waals surface area contributed by atoms with Crippen LogP contribution in [-0.4, -0.2) is 38.9 Å². The van der Waals surface area contributed by atoms with Gasteiger partial charge in [0.25, 0.3) is 5.91 Å². The molecule has 4 rings (SSSR count). The van der Waals surface area contributed by atoms with E-state index in [1.807, 2.05) is 31.2 Å². The fourth-order valence-corrected chi connectivity index (χ4v) is 4.06. The van der Waals surface area contributed by atoms with Gasteiger partial charge in [-0.05, 0) is 43.3 Å². The zero-order valence-electron chi connectivity index (χ0n) is 16.9. The van der Waals surface area contributed by atoms with Crippen molar-refractivity contribution in [1.29, 1.82) is 0 Å². The van der Waals surface area contributed by atoms with E-state index in [2.05, 4.69) is 15.5 Å². The van der Waals surface area contributed by atoms with Crippen LogP contribution in [0.15, 0.2) is 53.7 Å². The quantitative estimate of drug-likeness (QED) is 0.591. The number of benzene rings is 2. The van der Waals surface area contributed by atoms with Gasteiger partial charge in [-0.25, -0.2) is 4.39 Å². The number of carbonyl (C=O) groups is 2. The van der Waals surface area contributed by atoms with Crippen molar-refractivity contribution in [3.05, 3.63) is 60.2 Å². The van der Waals surface area contributed by atoms with Gasteiger partial charge in [0, 0.05) is 12.7 Å². The second kappa shape index (κ2) is 8.76. The van der Waals surface area contributed by atoms with Crippen molar-refractivity contribution in [2.24, 2.45) is 7.05 Å². The molecule has 31 heavy (non-hydrogen) atoms. The largest absolute Gasteiger partial charge is 0.482 e. The molecular weight excluding hydrogens is 421 g/mol. The van der Waals surface area contributed by atoms with Crippen molar-refractivity contribution in [2.45, 2.75) is 18.1 Å². The Morgan fingerprint density at radius 1 is 1.23 bits per heavy atom. The van der Waals surface area contributed by atoms with Crippen molar-refractivity contribution >= 4 is 35.0 Å². The number of nitrogens with one attached hydrogen (secondary N) is 1. The Bertz CT molecular complexity index is 1120. The summed E-state index contributed by atoms with van der Waals surface area (Å²) in [5.41, 5.74) is 1.20. The third kappa shape index (κ3) is 4.38. The minimum atomic E-state index is -0.377. The van der Waals surface area contributed by atoms with Gasteiger partial charge in [-0.3, -0.25) is 14.5 Å². The highest BCUT2D eigenvalue weighted by Gasteiger charge is 2.32. The molecule has 0 radical (unpaired) electrons. The molecular formula is C21H20FN5O3S. The number of halogens is 1. The Labute approximate surface area is 182 Å². The molecule has 8 nitrogen and oxygen atoms in total. The number of aromatic nitrogens is 3. The molecule has 160 valence electrons. The van der Waals surface area contributed by atoms with Crippen LogP contribution in [-0.2, 0) is 16.6 Å². The molecule has 3 aromatic rings. The highest BCUT2D eigenvalue weighted by atomic mass is 32.2. The van der Waals surface area contributed by atoms with Crippen LogP contribution in [0.5, 0.6) is 5.75 Å². The summed E-state index contributed by atoms with van der Waals surface area (Å²) in [5, 5.41) is 11.7. The van der Waals surface area contributed by atoms with Gasteiger partial charge in [-0.2, -0.15) is 0 Å². The number of para-hydroxylation sites is 2. The van der Waals surface area contributed by atoms with Crippen LogP contribution in [0.3, 0.4) is 0 Å². The average molecular weight is 441 g/mol. The van der Waals surface area contributed by atoms with Crippen LogP contribution >= 0.6 is 11.8 Å². The number of thioether (sulfide) groups is 1. The molecule has 0 fully saturated rings. The normalized spacial score (nSPS) is 14.0. The molecule has 0 aliphatic carbocycles. The zero-order valence-corrected chi connectivity index (χ0v) is 17.7. The van der Waals surface area contributed by atoms with Crippen molar-refractivity contribution in [2.75, 3.05) is 22.6 Å². The number of fused-ring (bicyclic) bond motifs is 1. The number of rotatable bonds is 6. The average Bonchev–Trinajstić information content (AvgIpc) is 3.14. The first kappa shape index (κ1) is 20.9. The van der Waals surface area contributed by atoms with E-state index in [-0.39, 0.29) is 36.0 Å². The highest BCUT2D eigenvalue weighted by molar-refractivity contribution is 7.99. The predicted octanol–water partition coefficient (Wildman–Crippen LogP) is 3.17. The number of ether oxygens (including phenoxy) is 1. The van der Waals surface area contributed by atoms with Crippen molar-refractivity contribution < 1.29 is 18.7 Å². The second-order valence-corrected chi connectivity index (χ2v) is 7.88. The Hall–Kier alpha value is -3.40. The minimum absolute atomic E-state index is 0.0373. The Kier molecular flexibility index (Phi) is 5.90. The number of nitrogens with zero attached hydrogens (tertiary/aromatic N) is 4. The second-order valence-electron chi connectivity index (χ2n) is 6.94. The van der Waals surface area contributed by atoms with E-state index >= 15 is 0 Å². The van der Waals surface area contributed by atoms with Gasteiger partial charge in [0.2, 0.25) is 5.91 Å². The van der Waals surface area contributed by atoms with Crippen molar-refractivity contribution in [3.63, 3.8) is 0 Å². The maximum atomic E-state index is 13.0. The van der Waals surface area contributed by atoms with Crippen molar-refractivity contribution in [1.82, 2.24) is 14.8 Å². The van der Waals surface area contributed by atoms with Crippen LogP contribution < -0.4 is 15.0 Å². The fourth-order valence-electron chi connectivity index (χ4n) is 3.34. The van der Waals surface area contributed by atoms with Gasteiger partial charge in [-0.1, -0.05) is 23.9 Å². The van der Waals surface area contributed by atoms with Crippen LogP contribution in [0, 0.1) is 5.82 Å². The SMILES string of the molecule is C[C@@H](c1nnc(SCC(=O)Nc2ccc(F)cc2)n1C)N1C(=O)COc2ccccc21. The zero-order chi connectivity index (χ0) is 22.0. The summed E-state index contributed by atoms with van der Waals surface area (Å²) in [7, 11) is 1.79. The molecule has 1 aromatic heterocycles. The molecule has 0 spiro atoms. The highest BCUT2D eigenvalue weighted by Crippen LogP contribution is 2.37. The molecule has 0 saturated heterocycles. The Morgan fingerprint density at radius 3 is 2.74 bits per heavy atom. The first-order valence-electron chi connectivity index (χ1n) is 9.55. The lowest BCUT2D eigenvalue weighted by atomic mass is 10.1. The standard InChI is InChI=1S/C21H20FN5O3S/c1-13(27-16-5-3-4-6-17(16)30-11-19(27)29)20-24-25-21(26(20)2)31-12-18(28)23-15-9-7-14(22)8-10-15/h3-10,13H,11-12H2,1-2H3,(H,23,28)/t13-/m0/s1. The lowest BCUT2D eigenvalue weighted by Gasteiger charge is -2.33. The van der Waals surface area contributed by atoms with Gasteiger partial charge in [0.15, 0.2) is 17.6 Å². The monoisotopic (exact) mass is 441 g/mol. The van der Waals surface area contributed by atoms with Crippen LogP contribution in [0.4, 0.5) is 15.8 Å². The molecule has 0 bridgehead atoms. The van der Waals surface area contributed by atoms with Crippen molar-refractivity contribution in [3.8, 4) is 5.75 Å². The first-order valence-corrected chi connectivity index (χ1v) is 10.5. The number of hydrogen-bond donors (Lipinski definition) is 1. The third-order valence-corrected chi connectivity index (χ3v) is 5.85. The molecule has 1 aliphatic heterocycles. The summed E-state index contributed by atoms with van der Waals surface area (Å²) in [4.78, 5) is 26.4. The number of anilines is 2. The van der Waals surface area contributed by atoms with E-state index < -0.39 is 0 Å². The van der Waals surface area contributed by atoms with Crippen LogP contribution in [0.1, 0.15) is 18.8 Å². The van der Waals surface area contributed by atoms with Gasteiger partial charge in [0.1, 0.15) is 11.6 Å². The minimum Gasteiger partial charge on any atom is -0.482 e. The summed E-state index contributed by atoms with van der Waals surface area (Å²) in [5.74, 6) is 0.564. The lowest BCUT2D eigenvalue weighted by Crippen LogP contribution is -2.41. The fraction of sp³-hybridized carbons (Fsp3) is 0.238. The number of hydrogen-bond acceptors (Lipinski definition) is 6. The van der Waals surface area contributed by atoms with Gasteiger partial charge >= 0.3 is 0 Å². The Morgan fingerprint density at radius 2 is 1.97 bits per heavy atom. The maximum absolute atomic E-state index is 13.0. The first-order chi connectivity index (χ1) is 14.9. The summed E-state index contributed by atoms with van der Waals surface area (Å²) in [6, 6.07) is 12.5. The van der Waals surface area contributed by atoms with E-state index in [4.69, 9.17) is 4.74 Å². The topological polar surface area (TPSA) is 89.4 Å². The van der Waals surface area contributed by atoms with E-state index in [0.717, 1.165) is 0 Å². The van der Waals surface area contributed by atoms with Gasteiger partial charge in [0.05, 0.1) is 17.5 Å². The molecule has 1 atom stereocenters. The number of carbonyl (C=O) groups excluding carboxylic acids is 2. The van der Waals surface area contributed by atoms with E-state index in [1.54, 1.807) is 16.5 Å². The summed E-state index contributed by atoms with van der Waals surface area (Å²) in [6.07, 6.45) is 0. The molecule has 0 saturated carbocycles. The van der Waals surface area contributed by atoms with Gasteiger partial charge < -0.3 is 14.6 Å². The smallest absolute Gasteiger partial charge is 0.265 e. The molecule has 0 unspecified atom stereocenters. The molecule has 10 heteroatoms. The Balaban J connectivity index is 1.45. The molecule has 2 aromatic carbocycles. The van der Waals surface area contributed by atoms with Crippen LogP contribution in [0.25, 0.3) is 0 Å². The summed E-state index contributed by atoms with van der Waals surface area (Å²) in [6.45, 7) is 1.84. The lowest BCUT2D eigenvalue weighted by molar-refractivity contribution is -0.121. The van der Waals surface area contributed by atoms with Gasteiger partial charge in [-0.15, -0.1) is 10.2 Å². The maximum Gasteiger partial charge on any atom is 0.265 e. The summed E-state index contributed by atoms with van der Waals surface area (Å²) < 4.78 is 20.3. The molecule has 1 N–H and O–H groups in total. The van der Waals surface area contributed by atoms with E-state index in [9.17, 15) is 14.0 Å².